The van der Waals surface area contributed by atoms with Crippen LogP contribution in [-0.4, -0.2) is 48.5 Å². The number of hydrogen-bond acceptors (Lipinski definition) is 4. The van der Waals surface area contributed by atoms with Gasteiger partial charge in [0.25, 0.3) is 0 Å². The number of guanidine groups is 1. The van der Waals surface area contributed by atoms with E-state index in [1.165, 1.54) is 0 Å². The quantitative estimate of drug-likeness (QED) is 0.102. The Morgan fingerprint density at radius 2 is 1.56 bits per heavy atom. The average Bonchev–Trinajstić information content (AvgIpc) is 2.61. The Kier molecular flexibility index (Phi) is 15.6. The molecule has 0 radical (unpaired) electrons. The summed E-state index contributed by atoms with van der Waals surface area (Å²) < 4.78 is 0. The van der Waals surface area contributed by atoms with Crippen molar-refractivity contribution in [2.45, 2.75) is 76.7 Å². The number of nitrogens with two attached hydrogens (primary N) is 2. The van der Waals surface area contributed by atoms with E-state index in [-0.39, 0.29) is 18.3 Å². The van der Waals surface area contributed by atoms with Gasteiger partial charge >= 0.3 is 5.97 Å². The Morgan fingerprint density at radius 1 is 0.963 bits per heavy atom. The topological polar surface area (TPSA) is 160 Å². The molecule has 1 atom stereocenters. The molecule has 0 aromatic carbocycles. The zero-order chi connectivity index (χ0) is 20.3. The van der Waals surface area contributed by atoms with Crippen LogP contribution in [0.25, 0.3) is 0 Å². The molecule has 0 spiro atoms. The molecule has 0 aliphatic heterocycles. The van der Waals surface area contributed by atoms with Crippen LogP contribution in [-0.2, 0) is 14.4 Å². The first-order valence-corrected chi connectivity index (χ1v) is 9.72. The maximum absolute atomic E-state index is 12.1. The molecule has 0 unspecified atom stereocenters. The molecule has 156 valence electrons. The van der Waals surface area contributed by atoms with Gasteiger partial charge in [-0.15, -0.1) is 0 Å². The summed E-state index contributed by atoms with van der Waals surface area (Å²) in [6, 6.07) is -0.567. The number of amides is 2. The van der Waals surface area contributed by atoms with Gasteiger partial charge in [0.2, 0.25) is 12.3 Å². The lowest BCUT2D eigenvalue weighted by atomic mass is 10.1. The second-order valence-electron chi connectivity index (χ2n) is 6.55. The van der Waals surface area contributed by atoms with Crippen molar-refractivity contribution < 1.29 is 19.5 Å². The van der Waals surface area contributed by atoms with Crippen molar-refractivity contribution in [3.63, 3.8) is 0 Å². The molecule has 0 saturated carbocycles. The smallest absolute Gasteiger partial charge is 0.303 e. The first-order chi connectivity index (χ1) is 13.0. The van der Waals surface area contributed by atoms with Crippen molar-refractivity contribution in [2.24, 2.45) is 16.5 Å². The van der Waals surface area contributed by atoms with E-state index in [0.29, 0.717) is 32.3 Å². The molecular weight excluding hydrogens is 350 g/mol. The summed E-state index contributed by atoms with van der Waals surface area (Å²) in [7, 11) is 0. The lowest BCUT2D eigenvalue weighted by Gasteiger charge is -2.15. The summed E-state index contributed by atoms with van der Waals surface area (Å²) in [4.78, 5) is 37.0. The van der Waals surface area contributed by atoms with Crippen LogP contribution in [0.15, 0.2) is 4.99 Å². The van der Waals surface area contributed by atoms with Gasteiger partial charge in [-0.25, -0.2) is 0 Å². The van der Waals surface area contributed by atoms with Crippen LogP contribution in [0.5, 0.6) is 0 Å². The summed E-state index contributed by atoms with van der Waals surface area (Å²) in [5.74, 6) is -0.902. The minimum atomic E-state index is -0.726. The maximum atomic E-state index is 12.1. The third-order valence-corrected chi connectivity index (χ3v) is 4.15. The van der Waals surface area contributed by atoms with E-state index >= 15 is 0 Å². The van der Waals surface area contributed by atoms with Gasteiger partial charge in [0, 0.05) is 19.5 Å². The van der Waals surface area contributed by atoms with E-state index in [1.54, 1.807) is 0 Å². The fraction of sp³-hybridized carbons (Fsp3) is 0.778. The molecule has 9 heteroatoms. The molecule has 0 aliphatic carbocycles. The number of aliphatic carboxylic acids is 1. The number of hydrogen-bond donors (Lipinski definition) is 5. The lowest BCUT2D eigenvalue weighted by Crippen LogP contribution is -2.44. The van der Waals surface area contributed by atoms with Crippen LogP contribution in [0.3, 0.4) is 0 Å². The third-order valence-electron chi connectivity index (χ3n) is 4.15. The van der Waals surface area contributed by atoms with Crippen LogP contribution in [0.4, 0.5) is 0 Å². The van der Waals surface area contributed by atoms with Crippen LogP contribution in [0, 0.1) is 0 Å². The molecule has 2 amide bonds. The van der Waals surface area contributed by atoms with Crippen molar-refractivity contribution in [1.82, 2.24) is 10.6 Å². The van der Waals surface area contributed by atoms with E-state index in [1.807, 2.05) is 0 Å². The van der Waals surface area contributed by atoms with Crippen LogP contribution in [0.1, 0.15) is 70.6 Å². The molecule has 27 heavy (non-hydrogen) atoms. The molecule has 9 nitrogen and oxygen atoms in total. The molecule has 0 rings (SSSR count). The highest BCUT2D eigenvalue weighted by molar-refractivity contribution is 5.83. The first kappa shape index (κ1) is 24.7. The Bertz CT molecular complexity index is 453. The normalized spacial score (nSPS) is 11.4. The van der Waals surface area contributed by atoms with Crippen molar-refractivity contribution in [2.75, 3.05) is 13.1 Å². The average molecular weight is 386 g/mol. The molecular formula is C18H35N5O4. The molecule has 0 bridgehead atoms. The zero-order valence-corrected chi connectivity index (χ0v) is 16.1. The SMILES string of the molecule is NC(N)=NCCC[C@H](NC=O)C(=O)NCCCCCCCCCCC(=O)O. The molecule has 0 aliphatic rings. The summed E-state index contributed by atoms with van der Waals surface area (Å²) in [6.07, 6.45) is 9.93. The molecule has 7 N–H and O–H groups in total. The Morgan fingerprint density at radius 3 is 2.11 bits per heavy atom. The Hall–Kier alpha value is -2.32. The number of carbonyl (C=O) groups is 3. The van der Waals surface area contributed by atoms with Crippen LogP contribution < -0.4 is 22.1 Å². The fourth-order valence-corrected chi connectivity index (χ4v) is 2.67. The first-order valence-electron chi connectivity index (χ1n) is 9.72. The standard InChI is InChI=1S/C18H35N5O4/c19-18(20)22-13-9-10-15(23-14-24)17(27)21-12-8-6-4-2-1-3-5-7-11-16(25)26/h14-15H,1-13H2,(H,21,27)(H,23,24)(H,25,26)(H4,19,20,22)/t15-/m0/s1. The molecule has 0 saturated heterocycles. The zero-order valence-electron chi connectivity index (χ0n) is 16.1. The molecule has 0 aromatic rings. The largest absolute Gasteiger partial charge is 0.481 e. The van der Waals surface area contributed by atoms with Crippen molar-refractivity contribution >= 4 is 24.2 Å². The molecule has 0 fully saturated rings. The predicted molar refractivity (Wildman–Crippen MR) is 105 cm³/mol. The van der Waals surface area contributed by atoms with Crippen LogP contribution >= 0.6 is 0 Å². The summed E-state index contributed by atoms with van der Waals surface area (Å²) >= 11 is 0. The highest BCUT2D eigenvalue weighted by Crippen LogP contribution is 2.09. The second kappa shape index (κ2) is 17.1. The van der Waals surface area contributed by atoms with E-state index < -0.39 is 12.0 Å². The van der Waals surface area contributed by atoms with Crippen LogP contribution in [0.2, 0.25) is 0 Å². The second-order valence-corrected chi connectivity index (χ2v) is 6.55. The summed E-state index contributed by atoms with van der Waals surface area (Å²) in [6.45, 7) is 1.01. The highest BCUT2D eigenvalue weighted by atomic mass is 16.4. The van der Waals surface area contributed by atoms with Crippen molar-refractivity contribution in [3.05, 3.63) is 0 Å². The third kappa shape index (κ3) is 16.9. The van der Waals surface area contributed by atoms with Gasteiger partial charge < -0.3 is 27.2 Å². The van der Waals surface area contributed by atoms with E-state index in [0.717, 1.165) is 51.4 Å². The monoisotopic (exact) mass is 385 g/mol. The number of carbonyl (C=O) groups excluding carboxylic acids is 2. The number of nitrogens with one attached hydrogen (secondary N) is 2. The lowest BCUT2D eigenvalue weighted by molar-refractivity contribution is -0.137. The van der Waals surface area contributed by atoms with Gasteiger partial charge in [0.05, 0.1) is 0 Å². The summed E-state index contributed by atoms with van der Waals surface area (Å²) in [5.41, 5.74) is 10.5. The number of rotatable bonds is 18. The van der Waals surface area contributed by atoms with Gasteiger partial charge in [0.15, 0.2) is 5.96 Å². The van der Waals surface area contributed by atoms with Crippen molar-refractivity contribution in [3.8, 4) is 0 Å². The molecule has 0 heterocycles. The minimum Gasteiger partial charge on any atom is -0.481 e. The number of unbranched alkanes of at least 4 members (excludes halogenated alkanes) is 7. The Labute approximate surface area is 161 Å². The Balaban J connectivity index is 3.66. The molecule has 0 aromatic heterocycles. The van der Waals surface area contributed by atoms with Gasteiger partial charge in [-0.1, -0.05) is 38.5 Å². The van der Waals surface area contributed by atoms with Gasteiger partial charge in [-0.2, -0.15) is 0 Å². The fourth-order valence-electron chi connectivity index (χ4n) is 2.67. The number of nitrogens with zero attached hydrogens (tertiary/aromatic N) is 1. The number of carboxylic acid groups (broad SMARTS) is 1. The van der Waals surface area contributed by atoms with Crippen molar-refractivity contribution in [1.29, 1.82) is 0 Å². The van der Waals surface area contributed by atoms with Gasteiger partial charge in [-0.05, 0) is 25.7 Å². The van der Waals surface area contributed by atoms with E-state index in [2.05, 4.69) is 15.6 Å². The van der Waals surface area contributed by atoms with Gasteiger partial charge in [0.1, 0.15) is 6.04 Å². The maximum Gasteiger partial charge on any atom is 0.303 e. The number of aliphatic imine (C=N–C) groups is 1. The number of carboxylic acids is 1. The highest BCUT2D eigenvalue weighted by Gasteiger charge is 2.16. The minimum absolute atomic E-state index is 0.0135. The van der Waals surface area contributed by atoms with E-state index in [4.69, 9.17) is 16.6 Å². The predicted octanol–water partition coefficient (Wildman–Crippen LogP) is 0.866. The van der Waals surface area contributed by atoms with Gasteiger partial charge in [-0.3, -0.25) is 19.4 Å². The summed E-state index contributed by atoms with van der Waals surface area (Å²) in [5, 5.41) is 13.9. The van der Waals surface area contributed by atoms with E-state index in [9.17, 15) is 14.4 Å².